The SMILES string of the molecule is NC(=O)CN1C(=O)S/C(=C\c2cc(Br)c(OCc3ccccc3F)c(Br)c2)C1=O. The summed E-state index contributed by atoms with van der Waals surface area (Å²) < 4.78 is 20.6. The van der Waals surface area contributed by atoms with Gasteiger partial charge < -0.3 is 10.5 Å². The van der Waals surface area contributed by atoms with Crippen molar-refractivity contribution in [1.29, 1.82) is 0 Å². The van der Waals surface area contributed by atoms with Crippen molar-refractivity contribution in [3.63, 3.8) is 0 Å². The summed E-state index contributed by atoms with van der Waals surface area (Å²) in [6, 6.07) is 9.71. The van der Waals surface area contributed by atoms with Gasteiger partial charge in [-0.05, 0) is 73.5 Å². The van der Waals surface area contributed by atoms with Gasteiger partial charge in [-0.15, -0.1) is 0 Å². The average Bonchev–Trinajstić information content (AvgIpc) is 2.89. The molecule has 0 bridgehead atoms. The van der Waals surface area contributed by atoms with Crippen LogP contribution in [-0.2, 0) is 16.2 Å². The van der Waals surface area contributed by atoms with Gasteiger partial charge in [0.1, 0.15) is 24.7 Å². The van der Waals surface area contributed by atoms with Gasteiger partial charge in [0.05, 0.1) is 13.9 Å². The minimum Gasteiger partial charge on any atom is -0.486 e. The highest BCUT2D eigenvalue weighted by atomic mass is 79.9. The molecule has 2 aromatic rings. The Morgan fingerprint density at radius 3 is 2.48 bits per heavy atom. The van der Waals surface area contributed by atoms with E-state index in [1.54, 1.807) is 30.3 Å². The first-order chi connectivity index (χ1) is 13.8. The fraction of sp³-hybridized carbons (Fsp3) is 0.105. The Morgan fingerprint density at radius 2 is 1.86 bits per heavy atom. The molecule has 150 valence electrons. The molecule has 0 aromatic heterocycles. The Labute approximate surface area is 186 Å². The van der Waals surface area contributed by atoms with Crippen molar-refractivity contribution in [1.82, 2.24) is 4.90 Å². The summed E-state index contributed by atoms with van der Waals surface area (Å²) in [6.07, 6.45) is 1.53. The van der Waals surface area contributed by atoms with Crippen LogP contribution in [0.5, 0.6) is 5.75 Å². The lowest BCUT2D eigenvalue weighted by Crippen LogP contribution is -2.36. The van der Waals surface area contributed by atoms with Crippen LogP contribution in [0.3, 0.4) is 0 Å². The molecule has 1 saturated heterocycles. The van der Waals surface area contributed by atoms with Crippen molar-refractivity contribution in [3.8, 4) is 5.75 Å². The van der Waals surface area contributed by atoms with Crippen molar-refractivity contribution in [3.05, 3.63) is 67.2 Å². The maximum Gasteiger partial charge on any atom is 0.294 e. The molecule has 3 rings (SSSR count). The first-order valence-electron chi connectivity index (χ1n) is 8.15. The third-order valence-electron chi connectivity index (χ3n) is 3.84. The van der Waals surface area contributed by atoms with Crippen LogP contribution in [0.25, 0.3) is 6.08 Å². The highest BCUT2D eigenvalue weighted by molar-refractivity contribution is 9.11. The second-order valence-electron chi connectivity index (χ2n) is 5.93. The predicted octanol–water partition coefficient (Wildman–Crippen LogP) is 4.45. The van der Waals surface area contributed by atoms with E-state index in [0.29, 0.717) is 25.8 Å². The Hall–Kier alpha value is -2.17. The average molecular weight is 544 g/mol. The van der Waals surface area contributed by atoms with E-state index in [1.807, 2.05) is 0 Å². The van der Waals surface area contributed by atoms with E-state index >= 15 is 0 Å². The first kappa shape index (κ1) is 21.5. The molecule has 29 heavy (non-hydrogen) atoms. The molecule has 0 saturated carbocycles. The number of nitrogens with two attached hydrogens (primary N) is 1. The van der Waals surface area contributed by atoms with Gasteiger partial charge in [-0.25, -0.2) is 4.39 Å². The first-order valence-corrected chi connectivity index (χ1v) is 10.6. The number of thioether (sulfide) groups is 1. The summed E-state index contributed by atoms with van der Waals surface area (Å²) >= 11 is 7.54. The quantitative estimate of drug-likeness (QED) is 0.544. The van der Waals surface area contributed by atoms with E-state index in [4.69, 9.17) is 10.5 Å². The largest absolute Gasteiger partial charge is 0.486 e. The number of ether oxygens (including phenoxy) is 1. The van der Waals surface area contributed by atoms with Gasteiger partial charge in [-0.3, -0.25) is 19.3 Å². The van der Waals surface area contributed by atoms with E-state index < -0.39 is 23.6 Å². The number of amides is 3. The third-order valence-corrected chi connectivity index (χ3v) is 5.92. The van der Waals surface area contributed by atoms with Crippen molar-refractivity contribution >= 4 is 66.8 Å². The van der Waals surface area contributed by atoms with Gasteiger partial charge in [0.25, 0.3) is 11.1 Å². The van der Waals surface area contributed by atoms with Crippen LogP contribution in [0.1, 0.15) is 11.1 Å². The van der Waals surface area contributed by atoms with Gasteiger partial charge in [0.15, 0.2) is 0 Å². The minimum absolute atomic E-state index is 0.0369. The highest BCUT2D eigenvalue weighted by Crippen LogP contribution is 2.38. The van der Waals surface area contributed by atoms with Crippen LogP contribution in [-0.4, -0.2) is 28.5 Å². The molecular formula is C19H13Br2FN2O4S. The highest BCUT2D eigenvalue weighted by Gasteiger charge is 2.35. The van der Waals surface area contributed by atoms with Crippen LogP contribution in [0.2, 0.25) is 0 Å². The Kier molecular flexibility index (Phi) is 6.76. The van der Waals surface area contributed by atoms with Gasteiger partial charge >= 0.3 is 0 Å². The van der Waals surface area contributed by atoms with E-state index in [2.05, 4.69) is 31.9 Å². The summed E-state index contributed by atoms with van der Waals surface area (Å²) in [6.45, 7) is -0.423. The predicted molar refractivity (Wildman–Crippen MR) is 114 cm³/mol. The number of hydrogen-bond donors (Lipinski definition) is 1. The van der Waals surface area contributed by atoms with Crippen molar-refractivity contribution < 1.29 is 23.5 Å². The van der Waals surface area contributed by atoms with Crippen LogP contribution in [0.15, 0.2) is 50.2 Å². The molecule has 0 unspecified atom stereocenters. The number of carbonyl (C=O) groups excluding carboxylic acids is 3. The lowest BCUT2D eigenvalue weighted by molar-refractivity contribution is -0.127. The molecule has 6 nitrogen and oxygen atoms in total. The maximum absolute atomic E-state index is 13.8. The van der Waals surface area contributed by atoms with Crippen molar-refractivity contribution in [2.75, 3.05) is 6.54 Å². The number of rotatable bonds is 6. The zero-order valence-electron chi connectivity index (χ0n) is 14.7. The topological polar surface area (TPSA) is 89.7 Å². The van der Waals surface area contributed by atoms with Gasteiger partial charge in [-0.1, -0.05) is 18.2 Å². The molecule has 1 fully saturated rings. The smallest absolute Gasteiger partial charge is 0.294 e. The number of halogens is 3. The third kappa shape index (κ3) is 5.06. The molecule has 0 spiro atoms. The Bertz CT molecular complexity index is 1020. The second kappa shape index (κ2) is 9.10. The normalized spacial score (nSPS) is 15.3. The summed E-state index contributed by atoms with van der Waals surface area (Å²) in [5.41, 5.74) is 6.10. The van der Waals surface area contributed by atoms with Gasteiger partial charge in [0, 0.05) is 5.56 Å². The summed E-state index contributed by atoms with van der Waals surface area (Å²) in [5.74, 6) is -1.24. The zero-order valence-corrected chi connectivity index (χ0v) is 18.6. The van der Waals surface area contributed by atoms with Gasteiger partial charge in [0.2, 0.25) is 5.91 Å². The Morgan fingerprint density at radius 1 is 1.21 bits per heavy atom. The van der Waals surface area contributed by atoms with Crippen LogP contribution < -0.4 is 10.5 Å². The van der Waals surface area contributed by atoms with Crippen LogP contribution in [0.4, 0.5) is 9.18 Å². The molecule has 0 atom stereocenters. The Balaban J connectivity index is 1.80. The van der Waals surface area contributed by atoms with Crippen molar-refractivity contribution in [2.24, 2.45) is 5.73 Å². The van der Waals surface area contributed by atoms with Crippen LogP contribution in [0, 0.1) is 5.82 Å². The number of nitrogens with zero attached hydrogens (tertiary/aromatic N) is 1. The lowest BCUT2D eigenvalue weighted by Gasteiger charge is -2.12. The molecule has 2 aromatic carbocycles. The molecule has 1 aliphatic rings. The van der Waals surface area contributed by atoms with E-state index in [0.717, 1.165) is 16.7 Å². The van der Waals surface area contributed by atoms with E-state index in [1.165, 1.54) is 12.1 Å². The summed E-state index contributed by atoms with van der Waals surface area (Å²) in [7, 11) is 0. The number of imide groups is 1. The standard InChI is InChI=1S/C19H13Br2FN2O4S/c20-12-5-10(7-15-18(26)24(8-16(23)25)19(27)29-15)6-13(21)17(12)28-9-11-3-1-2-4-14(11)22/h1-7H,8-9H2,(H2,23,25)/b15-7-. The molecular weight excluding hydrogens is 531 g/mol. The second-order valence-corrected chi connectivity index (χ2v) is 8.63. The van der Waals surface area contributed by atoms with Crippen molar-refractivity contribution in [2.45, 2.75) is 6.61 Å². The number of hydrogen-bond acceptors (Lipinski definition) is 5. The number of carbonyl (C=O) groups is 3. The fourth-order valence-electron chi connectivity index (χ4n) is 2.51. The fourth-order valence-corrected chi connectivity index (χ4v) is 4.80. The summed E-state index contributed by atoms with van der Waals surface area (Å²) in [4.78, 5) is 36.2. The van der Waals surface area contributed by atoms with Gasteiger partial charge in [-0.2, -0.15) is 0 Å². The molecule has 10 heteroatoms. The monoisotopic (exact) mass is 542 g/mol. The molecule has 1 aliphatic heterocycles. The lowest BCUT2D eigenvalue weighted by atomic mass is 10.2. The van der Waals surface area contributed by atoms with Crippen LogP contribution >= 0.6 is 43.6 Å². The number of benzene rings is 2. The molecule has 3 amide bonds. The minimum atomic E-state index is -0.768. The molecule has 0 radical (unpaired) electrons. The molecule has 1 heterocycles. The van der Waals surface area contributed by atoms with E-state index in [-0.39, 0.29) is 17.3 Å². The molecule has 0 aliphatic carbocycles. The van der Waals surface area contributed by atoms with E-state index in [9.17, 15) is 18.8 Å². The molecule has 2 N–H and O–H groups in total. The summed E-state index contributed by atoms with van der Waals surface area (Å²) in [5, 5.41) is -0.553. The zero-order chi connectivity index (χ0) is 21.1. The number of primary amides is 1. The maximum atomic E-state index is 13.8.